The Hall–Kier alpha value is -2.76. The van der Waals surface area contributed by atoms with Crippen LogP contribution < -0.4 is 21.1 Å². The van der Waals surface area contributed by atoms with Gasteiger partial charge in [0, 0.05) is 18.7 Å². The molecule has 0 saturated carbocycles. The molecule has 110 valence electrons. The zero-order valence-corrected chi connectivity index (χ0v) is 11.7. The Bertz CT molecular complexity index is 674. The average molecular weight is 289 g/mol. The number of benzene rings is 2. The molecule has 0 fully saturated rings. The molecular formula is C15H16FN3O2. The number of nitrogens with two attached hydrogens (primary N) is 1. The molecule has 0 aliphatic heterocycles. The van der Waals surface area contributed by atoms with E-state index >= 15 is 0 Å². The van der Waals surface area contributed by atoms with Crippen molar-refractivity contribution < 1.29 is 13.9 Å². The van der Waals surface area contributed by atoms with Crippen LogP contribution in [0, 0.1) is 5.82 Å². The summed E-state index contributed by atoms with van der Waals surface area (Å²) in [7, 11) is 3.00. The van der Waals surface area contributed by atoms with Gasteiger partial charge in [-0.15, -0.1) is 0 Å². The maximum Gasteiger partial charge on any atom is 0.251 e. The van der Waals surface area contributed by atoms with Crippen LogP contribution in [0.2, 0.25) is 0 Å². The lowest BCUT2D eigenvalue weighted by atomic mass is 10.1. The lowest BCUT2D eigenvalue weighted by molar-refractivity contribution is 0.0963. The molecule has 4 N–H and O–H groups in total. The Morgan fingerprint density at radius 1 is 1.19 bits per heavy atom. The zero-order chi connectivity index (χ0) is 15.4. The predicted molar refractivity (Wildman–Crippen MR) is 80.5 cm³/mol. The Labute approximate surface area is 121 Å². The molecule has 21 heavy (non-hydrogen) atoms. The van der Waals surface area contributed by atoms with Crippen LogP contribution in [0.4, 0.5) is 21.5 Å². The molecule has 5 nitrogen and oxygen atoms in total. The number of carbonyl (C=O) groups is 1. The number of carbonyl (C=O) groups excluding carboxylic acids is 1. The molecular weight excluding hydrogens is 273 g/mol. The third-order valence-electron chi connectivity index (χ3n) is 2.98. The quantitative estimate of drug-likeness (QED) is 0.756. The molecule has 0 saturated heterocycles. The van der Waals surface area contributed by atoms with Crippen molar-refractivity contribution in [1.29, 1.82) is 0 Å². The number of hydrogen-bond donors (Lipinski definition) is 3. The van der Waals surface area contributed by atoms with Gasteiger partial charge in [0.2, 0.25) is 0 Å². The number of nitrogens with one attached hydrogen (secondary N) is 2. The van der Waals surface area contributed by atoms with Crippen LogP contribution in [0.3, 0.4) is 0 Å². The van der Waals surface area contributed by atoms with E-state index < -0.39 is 5.82 Å². The van der Waals surface area contributed by atoms with Crippen molar-refractivity contribution in [2.24, 2.45) is 0 Å². The Balaban J connectivity index is 2.37. The predicted octanol–water partition coefficient (Wildman–Crippen LogP) is 2.52. The standard InChI is InChI=1S/C15H16FN3O2/c1-18-15(20)9-3-5-11(17)13(7-9)19-12-6-4-10(16)8-14(12)21-2/h3-8,19H,17H2,1-2H3,(H,18,20). The number of nitrogen functional groups attached to an aromatic ring is 1. The monoisotopic (exact) mass is 289 g/mol. The van der Waals surface area contributed by atoms with Crippen molar-refractivity contribution in [3.8, 4) is 5.75 Å². The molecule has 0 aliphatic rings. The van der Waals surface area contributed by atoms with E-state index in [2.05, 4.69) is 10.6 Å². The summed E-state index contributed by atoms with van der Waals surface area (Å²) in [4.78, 5) is 11.6. The summed E-state index contributed by atoms with van der Waals surface area (Å²) in [5.74, 6) is -0.270. The maximum atomic E-state index is 13.2. The number of ether oxygens (including phenoxy) is 1. The molecule has 0 bridgehead atoms. The molecule has 2 aromatic rings. The number of amides is 1. The average Bonchev–Trinajstić information content (AvgIpc) is 2.50. The minimum absolute atomic E-state index is 0.218. The highest BCUT2D eigenvalue weighted by atomic mass is 19.1. The highest BCUT2D eigenvalue weighted by molar-refractivity contribution is 5.96. The molecule has 2 aromatic carbocycles. The van der Waals surface area contributed by atoms with Gasteiger partial charge in [-0.1, -0.05) is 0 Å². The fraction of sp³-hybridized carbons (Fsp3) is 0.133. The van der Waals surface area contributed by atoms with E-state index in [9.17, 15) is 9.18 Å². The third-order valence-corrected chi connectivity index (χ3v) is 2.98. The number of methoxy groups -OCH3 is 1. The summed E-state index contributed by atoms with van der Waals surface area (Å²) in [6.45, 7) is 0. The molecule has 0 radical (unpaired) electrons. The SMILES string of the molecule is CNC(=O)c1ccc(N)c(Nc2ccc(F)cc2OC)c1. The Morgan fingerprint density at radius 3 is 2.62 bits per heavy atom. The van der Waals surface area contributed by atoms with Gasteiger partial charge in [-0.25, -0.2) is 4.39 Å². The van der Waals surface area contributed by atoms with E-state index in [1.807, 2.05) is 0 Å². The zero-order valence-electron chi connectivity index (χ0n) is 11.7. The van der Waals surface area contributed by atoms with Crippen LogP contribution in [0.5, 0.6) is 5.75 Å². The van der Waals surface area contributed by atoms with E-state index in [1.54, 1.807) is 31.3 Å². The molecule has 0 aliphatic carbocycles. The summed E-state index contributed by atoms with van der Waals surface area (Å²) in [5, 5.41) is 5.58. The van der Waals surface area contributed by atoms with Crippen LogP contribution in [-0.2, 0) is 0 Å². The van der Waals surface area contributed by atoms with Crippen molar-refractivity contribution in [3.63, 3.8) is 0 Å². The number of rotatable bonds is 4. The largest absolute Gasteiger partial charge is 0.494 e. The van der Waals surface area contributed by atoms with Gasteiger partial charge in [0.15, 0.2) is 0 Å². The molecule has 0 heterocycles. The van der Waals surface area contributed by atoms with Crippen LogP contribution in [0.15, 0.2) is 36.4 Å². The highest BCUT2D eigenvalue weighted by Crippen LogP contribution is 2.31. The first-order valence-corrected chi connectivity index (χ1v) is 6.27. The van der Waals surface area contributed by atoms with Crippen LogP contribution in [0.25, 0.3) is 0 Å². The van der Waals surface area contributed by atoms with E-state index in [4.69, 9.17) is 10.5 Å². The first kappa shape index (κ1) is 14.6. The van der Waals surface area contributed by atoms with Crippen LogP contribution >= 0.6 is 0 Å². The number of anilines is 3. The Morgan fingerprint density at radius 2 is 1.95 bits per heavy atom. The summed E-state index contributed by atoms with van der Waals surface area (Å²) < 4.78 is 18.3. The topological polar surface area (TPSA) is 76.4 Å². The molecule has 2 rings (SSSR count). The minimum Gasteiger partial charge on any atom is -0.494 e. The molecule has 0 atom stereocenters. The fourth-order valence-corrected chi connectivity index (χ4v) is 1.86. The second-order valence-electron chi connectivity index (χ2n) is 4.35. The van der Waals surface area contributed by atoms with E-state index in [-0.39, 0.29) is 5.91 Å². The third kappa shape index (κ3) is 3.22. The van der Waals surface area contributed by atoms with E-state index in [0.29, 0.717) is 28.4 Å². The molecule has 1 amide bonds. The van der Waals surface area contributed by atoms with Crippen molar-refractivity contribution in [1.82, 2.24) is 5.32 Å². The maximum absolute atomic E-state index is 13.2. The van der Waals surface area contributed by atoms with Gasteiger partial charge < -0.3 is 21.1 Å². The lowest BCUT2D eigenvalue weighted by Gasteiger charge is -2.14. The number of halogens is 1. The fourth-order valence-electron chi connectivity index (χ4n) is 1.86. The summed E-state index contributed by atoms with van der Waals surface area (Å²) in [6, 6.07) is 8.99. The minimum atomic E-state index is -0.399. The summed E-state index contributed by atoms with van der Waals surface area (Å²) in [6.07, 6.45) is 0. The van der Waals surface area contributed by atoms with Crippen molar-refractivity contribution in [3.05, 3.63) is 47.8 Å². The van der Waals surface area contributed by atoms with Gasteiger partial charge in [-0.3, -0.25) is 4.79 Å². The highest BCUT2D eigenvalue weighted by Gasteiger charge is 2.10. The first-order valence-electron chi connectivity index (χ1n) is 6.27. The Kier molecular flexibility index (Phi) is 4.27. The van der Waals surface area contributed by atoms with Crippen molar-refractivity contribution >= 4 is 23.0 Å². The molecule has 6 heteroatoms. The van der Waals surface area contributed by atoms with Gasteiger partial charge in [-0.2, -0.15) is 0 Å². The second kappa shape index (κ2) is 6.13. The van der Waals surface area contributed by atoms with Gasteiger partial charge in [0.1, 0.15) is 11.6 Å². The van der Waals surface area contributed by atoms with Gasteiger partial charge >= 0.3 is 0 Å². The first-order chi connectivity index (χ1) is 10.0. The van der Waals surface area contributed by atoms with Gasteiger partial charge in [0.05, 0.1) is 24.2 Å². The van der Waals surface area contributed by atoms with E-state index in [1.165, 1.54) is 19.2 Å². The van der Waals surface area contributed by atoms with Crippen LogP contribution in [-0.4, -0.2) is 20.1 Å². The lowest BCUT2D eigenvalue weighted by Crippen LogP contribution is -2.18. The van der Waals surface area contributed by atoms with Crippen molar-refractivity contribution in [2.75, 3.05) is 25.2 Å². The number of hydrogen-bond acceptors (Lipinski definition) is 4. The second-order valence-corrected chi connectivity index (χ2v) is 4.35. The van der Waals surface area contributed by atoms with Crippen molar-refractivity contribution in [2.45, 2.75) is 0 Å². The molecule has 0 unspecified atom stereocenters. The van der Waals surface area contributed by atoms with E-state index in [0.717, 1.165) is 0 Å². The summed E-state index contributed by atoms with van der Waals surface area (Å²) in [5.41, 5.74) is 7.92. The smallest absolute Gasteiger partial charge is 0.251 e. The molecule has 0 spiro atoms. The summed E-state index contributed by atoms with van der Waals surface area (Å²) >= 11 is 0. The molecule has 0 aromatic heterocycles. The van der Waals surface area contributed by atoms with Gasteiger partial charge in [0.25, 0.3) is 5.91 Å². The van der Waals surface area contributed by atoms with Gasteiger partial charge in [-0.05, 0) is 30.3 Å². The van der Waals surface area contributed by atoms with Crippen LogP contribution in [0.1, 0.15) is 10.4 Å². The normalized spacial score (nSPS) is 10.0.